The summed E-state index contributed by atoms with van der Waals surface area (Å²) in [5.41, 5.74) is 7.94. The van der Waals surface area contributed by atoms with E-state index >= 15 is 0 Å². The Morgan fingerprint density at radius 3 is 2.85 bits per heavy atom. The van der Waals surface area contributed by atoms with E-state index in [4.69, 9.17) is 15.2 Å². The molecule has 0 unspecified atom stereocenters. The van der Waals surface area contributed by atoms with E-state index in [2.05, 4.69) is 26.8 Å². The van der Waals surface area contributed by atoms with E-state index in [1.54, 1.807) is 30.9 Å². The number of rotatable bonds is 5. The molecule has 2 heterocycles. The van der Waals surface area contributed by atoms with E-state index in [9.17, 15) is 5.11 Å². The molecule has 8 nitrogen and oxygen atoms in total. The van der Waals surface area contributed by atoms with Crippen molar-refractivity contribution in [2.45, 2.75) is 13.0 Å². The summed E-state index contributed by atoms with van der Waals surface area (Å²) in [7, 11) is 1.60. The first kappa shape index (κ1) is 17.7. The normalized spacial score (nSPS) is 11.8. The van der Waals surface area contributed by atoms with Crippen LogP contribution in [0.1, 0.15) is 12.5 Å². The molecule has 0 bridgehead atoms. The fraction of sp³-hybridized carbons (Fsp3) is 0.278. The van der Waals surface area contributed by atoms with Gasteiger partial charge in [0.15, 0.2) is 0 Å². The summed E-state index contributed by atoms with van der Waals surface area (Å²) in [6, 6.07) is 7.62. The molecule has 2 aromatic heterocycles. The predicted octanol–water partition coefficient (Wildman–Crippen LogP) is 1.16. The number of hydrogen-bond donors (Lipinski definition) is 2. The van der Waals surface area contributed by atoms with Crippen LogP contribution in [0.2, 0.25) is 0 Å². The van der Waals surface area contributed by atoms with Crippen LogP contribution >= 0.6 is 0 Å². The number of nitrogen functional groups attached to an aromatic ring is 1. The lowest BCUT2D eigenvalue weighted by Crippen LogP contribution is -2.09. The molecule has 0 spiro atoms. The number of fused-ring (bicyclic) bond motifs is 1. The van der Waals surface area contributed by atoms with Gasteiger partial charge >= 0.3 is 6.01 Å². The summed E-state index contributed by atoms with van der Waals surface area (Å²) in [6.07, 6.45) is 0.865. The van der Waals surface area contributed by atoms with Crippen molar-refractivity contribution < 1.29 is 14.6 Å². The zero-order chi connectivity index (χ0) is 18.5. The molecule has 0 aliphatic carbocycles. The fourth-order valence-electron chi connectivity index (χ4n) is 2.34. The first-order valence-electron chi connectivity index (χ1n) is 8.01. The van der Waals surface area contributed by atoms with E-state index in [0.29, 0.717) is 25.0 Å². The first-order valence-corrected chi connectivity index (χ1v) is 8.01. The molecular formula is C18H19N5O3. The summed E-state index contributed by atoms with van der Waals surface area (Å²) < 4.78 is 12.5. The van der Waals surface area contributed by atoms with E-state index in [-0.39, 0.29) is 5.95 Å². The quantitative estimate of drug-likeness (QED) is 0.523. The zero-order valence-electron chi connectivity index (χ0n) is 14.5. The molecule has 0 amide bonds. The Balaban J connectivity index is 2.13. The van der Waals surface area contributed by atoms with Gasteiger partial charge in [-0.15, -0.1) is 0 Å². The molecule has 0 aliphatic rings. The minimum Gasteiger partial charge on any atom is -0.462 e. The van der Waals surface area contributed by atoms with Crippen LogP contribution in [-0.2, 0) is 4.74 Å². The van der Waals surface area contributed by atoms with Gasteiger partial charge in [0.1, 0.15) is 18.5 Å². The molecule has 1 aromatic carbocycles. The van der Waals surface area contributed by atoms with Crippen molar-refractivity contribution in [2.24, 2.45) is 0 Å². The lowest BCUT2D eigenvalue weighted by atomic mass is 10.2. The molecule has 134 valence electrons. The number of ether oxygens (including phenoxy) is 2. The van der Waals surface area contributed by atoms with Crippen molar-refractivity contribution in [1.82, 2.24) is 19.5 Å². The highest BCUT2D eigenvalue weighted by atomic mass is 16.5. The number of benzene rings is 1. The molecular weight excluding hydrogens is 334 g/mol. The number of imidazole rings is 1. The van der Waals surface area contributed by atoms with Crippen LogP contribution in [-0.4, -0.2) is 51.1 Å². The van der Waals surface area contributed by atoms with E-state index in [1.165, 1.54) is 0 Å². The van der Waals surface area contributed by atoms with Crippen molar-refractivity contribution in [3.05, 3.63) is 36.0 Å². The minimum atomic E-state index is -0.704. The Hall–Kier alpha value is -3.15. The third kappa shape index (κ3) is 3.91. The number of aromatic nitrogens is 4. The maximum Gasteiger partial charge on any atom is 0.303 e. The van der Waals surface area contributed by atoms with Crippen molar-refractivity contribution >= 4 is 17.0 Å². The second kappa shape index (κ2) is 7.82. The Morgan fingerprint density at radius 2 is 2.12 bits per heavy atom. The van der Waals surface area contributed by atoms with Gasteiger partial charge in [-0.2, -0.15) is 9.97 Å². The third-order valence-corrected chi connectivity index (χ3v) is 3.46. The number of aliphatic hydroxyl groups excluding tert-OH is 1. The Bertz CT molecular complexity index is 972. The Labute approximate surface area is 150 Å². The summed E-state index contributed by atoms with van der Waals surface area (Å²) in [5, 5.41) is 9.36. The van der Waals surface area contributed by atoms with Crippen LogP contribution < -0.4 is 10.5 Å². The molecule has 3 rings (SSSR count). The van der Waals surface area contributed by atoms with Gasteiger partial charge in [-0.05, 0) is 25.1 Å². The molecule has 0 fully saturated rings. The van der Waals surface area contributed by atoms with Crippen LogP contribution in [0.5, 0.6) is 6.01 Å². The Morgan fingerprint density at radius 1 is 1.27 bits per heavy atom. The predicted molar refractivity (Wildman–Crippen MR) is 97.0 cm³/mol. The van der Waals surface area contributed by atoms with Gasteiger partial charge in [0.05, 0.1) is 17.6 Å². The molecule has 26 heavy (non-hydrogen) atoms. The Kier molecular flexibility index (Phi) is 5.31. The average molecular weight is 353 g/mol. The van der Waals surface area contributed by atoms with E-state index in [1.807, 2.05) is 18.2 Å². The smallest absolute Gasteiger partial charge is 0.303 e. The van der Waals surface area contributed by atoms with Gasteiger partial charge < -0.3 is 20.3 Å². The van der Waals surface area contributed by atoms with Crippen LogP contribution in [0.25, 0.3) is 16.9 Å². The van der Waals surface area contributed by atoms with Gasteiger partial charge in [0, 0.05) is 24.9 Å². The molecule has 0 aliphatic heterocycles. The molecule has 1 atom stereocenters. The van der Waals surface area contributed by atoms with Crippen molar-refractivity contribution in [3.8, 4) is 23.7 Å². The average Bonchev–Trinajstić information content (AvgIpc) is 2.97. The zero-order valence-corrected chi connectivity index (χ0v) is 14.5. The van der Waals surface area contributed by atoms with E-state index in [0.717, 1.165) is 16.6 Å². The first-order chi connectivity index (χ1) is 12.6. The van der Waals surface area contributed by atoms with Gasteiger partial charge in [-0.1, -0.05) is 11.8 Å². The second-order valence-electron chi connectivity index (χ2n) is 5.49. The highest BCUT2D eigenvalue weighted by Gasteiger charge is 2.15. The standard InChI is InChI=1S/C18H19N5O3/c1-12(24)3-4-13-5-6-14-15(11-13)23(16-7-8-20-17(19)22-16)18(21-14)26-10-9-25-2/h5-8,11-12,24H,9-10H2,1-2H3,(H2,19,20,22)/t12-/m1/s1. The lowest BCUT2D eigenvalue weighted by Gasteiger charge is -2.09. The molecule has 8 heteroatoms. The number of aliphatic hydroxyl groups is 1. The number of nitrogens with two attached hydrogens (primary N) is 1. The number of anilines is 1. The van der Waals surface area contributed by atoms with Crippen LogP contribution in [0.15, 0.2) is 30.5 Å². The molecule has 3 aromatic rings. The van der Waals surface area contributed by atoms with Crippen LogP contribution in [0.3, 0.4) is 0 Å². The van der Waals surface area contributed by atoms with Crippen molar-refractivity contribution in [1.29, 1.82) is 0 Å². The lowest BCUT2D eigenvalue weighted by molar-refractivity contribution is 0.140. The minimum absolute atomic E-state index is 0.150. The molecule has 3 N–H and O–H groups in total. The summed E-state index contributed by atoms with van der Waals surface area (Å²) in [5.74, 6) is 6.34. The van der Waals surface area contributed by atoms with Gasteiger partial charge in [0.2, 0.25) is 5.95 Å². The molecule has 0 radical (unpaired) electrons. The largest absolute Gasteiger partial charge is 0.462 e. The summed E-state index contributed by atoms with van der Waals surface area (Å²) in [4.78, 5) is 12.7. The maximum atomic E-state index is 9.36. The second-order valence-corrected chi connectivity index (χ2v) is 5.49. The van der Waals surface area contributed by atoms with Gasteiger partial charge in [-0.3, -0.25) is 0 Å². The molecule has 0 saturated heterocycles. The monoisotopic (exact) mass is 353 g/mol. The SMILES string of the molecule is COCCOc1nc2ccc(C#C[C@@H](C)O)cc2n1-c1ccnc(N)n1. The number of hydrogen-bond acceptors (Lipinski definition) is 7. The molecule has 0 saturated carbocycles. The number of nitrogens with zero attached hydrogens (tertiary/aromatic N) is 4. The highest BCUT2D eigenvalue weighted by molar-refractivity contribution is 5.80. The topological polar surface area (TPSA) is 108 Å². The van der Waals surface area contributed by atoms with Crippen molar-refractivity contribution in [2.75, 3.05) is 26.1 Å². The maximum absolute atomic E-state index is 9.36. The van der Waals surface area contributed by atoms with Crippen LogP contribution in [0, 0.1) is 11.8 Å². The third-order valence-electron chi connectivity index (χ3n) is 3.46. The fourth-order valence-corrected chi connectivity index (χ4v) is 2.34. The van der Waals surface area contributed by atoms with Crippen molar-refractivity contribution in [3.63, 3.8) is 0 Å². The van der Waals surface area contributed by atoms with Crippen LogP contribution in [0.4, 0.5) is 5.95 Å². The summed E-state index contributed by atoms with van der Waals surface area (Å²) in [6.45, 7) is 2.39. The number of methoxy groups -OCH3 is 1. The van der Waals surface area contributed by atoms with E-state index < -0.39 is 6.10 Å². The highest BCUT2D eigenvalue weighted by Crippen LogP contribution is 2.26. The van der Waals surface area contributed by atoms with Gasteiger partial charge in [0.25, 0.3) is 0 Å². The summed E-state index contributed by atoms with van der Waals surface area (Å²) >= 11 is 0. The van der Waals surface area contributed by atoms with Gasteiger partial charge in [-0.25, -0.2) is 9.55 Å².